The van der Waals surface area contributed by atoms with E-state index in [1.165, 1.54) is 23.5 Å². The molecule has 1 saturated carbocycles. The number of nitro groups is 1. The molecule has 1 N–H and O–H groups in total. The van der Waals surface area contributed by atoms with Gasteiger partial charge in [0.15, 0.2) is 0 Å². The van der Waals surface area contributed by atoms with Gasteiger partial charge in [-0.2, -0.15) is 0 Å². The Balaban J connectivity index is 1.67. The SMILES string of the molecule is CCc1nnc(NC(=O)N(Cc2ccc([N+](=O)[O-])cc2)C2CC2)s1. The molecule has 1 aromatic heterocycles. The summed E-state index contributed by atoms with van der Waals surface area (Å²) in [6.45, 7) is 2.39. The van der Waals surface area contributed by atoms with Gasteiger partial charge in [0, 0.05) is 24.7 Å². The molecule has 1 aliphatic carbocycles. The number of non-ortho nitro benzene ring substituents is 1. The Labute approximate surface area is 142 Å². The summed E-state index contributed by atoms with van der Waals surface area (Å²) in [5, 5.41) is 22.8. The van der Waals surface area contributed by atoms with E-state index in [0.29, 0.717) is 11.7 Å². The third-order valence-electron chi connectivity index (χ3n) is 3.73. The highest BCUT2D eigenvalue weighted by molar-refractivity contribution is 7.15. The van der Waals surface area contributed by atoms with Crippen molar-refractivity contribution in [2.45, 2.75) is 38.8 Å². The zero-order valence-electron chi connectivity index (χ0n) is 13.1. The summed E-state index contributed by atoms with van der Waals surface area (Å²) < 4.78 is 0. The van der Waals surface area contributed by atoms with Crippen LogP contribution >= 0.6 is 11.3 Å². The number of hydrogen-bond donors (Lipinski definition) is 1. The molecule has 0 atom stereocenters. The van der Waals surface area contributed by atoms with Gasteiger partial charge < -0.3 is 4.90 Å². The minimum atomic E-state index is -0.435. The highest BCUT2D eigenvalue weighted by atomic mass is 32.1. The molecule has 2 aromatic rings. The van der Waals surface area contributed by atoms with E-state index in [4.69, 9.17) is 0 Å². The fraction of sp³-hybridized carbons (Fsp3) is 0.400. The van der Waals surface area contributed by atoms with Crippen LogP contribution in [0.2, 0.25) is 0 Å². The predicted octanol–water partition coefficient (Wildman–Crippen LogP) is 3.21. The number of urea groups is 1. The number of nitrogens with one attached hydrogen (secondary N) is 1. The Hall–Kier alpha value is -2.55. The Bertz CT molecular complexity index is 742. The molecule has 1 aromatic carbocycles. The maximum atomic E-state index is 12.5. The third-order valence-corrected chi connectivity index (χ3v) is 4.71. The van der Waals surface area contributed by atoms with Crippen molar-refractivity contribution in [3.63, 3.8) is 0 Å². The molecule has 0 bridgehead atoms. The summed E-state index contributed by atoms with van der Waals surface area (Å²) in [4.78, 5) is 24.5. The molecular weight excluding hydrogens is 330 g/mol. The zero-order chi connectivity index (χ0) is 17.1. The number of nitro benzene ring substituents is 1. The number of aromatic nitrogens is 2. The Morgan fingerprint density at radius 1 is 1.38 bits per heavy atom. The second-order valence-corrected chi connectivity index (χ2v) is 6.63. The second-order valence-electron chi connectivity index (χ2n) is 5.57. The van der Waals surface area contributed by atoms with E-state index in [1.54, 1.807) is 17.0 Å². The highest BCUT2D eigenvalue weighted by Crippen LogP contribution is 2.29. The number of carbonyl (C=O) groups excluding carboxylic acids is 1. The Kier molecular flexibility index (Phi) is 4.70. The lowest BCUT2D eigenvalue weighted by molar-refractivity contribution is -0.384. The number of rotatable bonds is 6. The van der Waals surface area contributed by atoms with Crippen molar-refractivity contribution in [1.82, 2.24) is 15.1 Å². The van der Waals surface area contributed by atoms with Crippen molar-refractivity contribution < 1.29 is 9.72 Å². The number of carbonyl (C=O) groups is 1. The number of hydrogen-bond acceptors (Lipinski definition) is 6. The fourth-order valence-electron chi connectivity index (χ4n) is 2.28. The first kappa shape index (κ1) is 16.3. The maximum absolute atomic E-state index is 12.5. The van der Waals surface area contributed by atoms with E-state index >= 15 is 0 Å². The minimum Gasteiger partial charge on any atom is -0.317 e. The fourth-order valence-corrected chi connectivity index (χ4v) is 2.95. The van der Waals surface area contributed by atoms with E-state index in [1.807, 2.05) is 6.92 Å². The molecule has 0 radical (unpaired) electrons. The topological polar surface area (TPSA) is 101 Å². The first-order valence-electron chi connectivity index (χ1n) is 7.70. The van der Waals surface area contributed by atoms with E-state index in [-0.39, 0.29) is 17.8 Å². The van der Waals surface area contributed by atoms with Gasteiger partial charge in [-0.25, -0.2) is 4.79 Å². The van der Waals surface area contributed by atoms with Crippen LogP contribution in [0, 0.1) is 10.1 Å². The van der Waals surface area contributed by atoms with Crippen molar-refractivity contribution >= 4 is 28.2 Å². The minimum absolute atomic E-state index is 0.0436. The first-order valence-corrected chi connectivity index (χ1v) is 8.51. The van der Waals surface area contributed by atoms with Gasteiger partial charge >= 0.3 is 6.03 Å². The van der Waals surface area contributed by atoms with Crippen molar-refractivity contribution in [2.24, 2.45) is 0 Å². The van der Waals surface area contributed by atoms with Crippen molar-refractivity contribution in [3.05, 3.63) is 45.0 Å². The summed E-state index contributed by atoms with van der Waals surface area (Å²) in [7, 11) is 0. The number of aryl methyl sites for hydroxylation is 1. The molecule has 0 aliphatic heterocycles. The highest BCUT2D eigenvalue weighted by Gasteiger charge is 2.33. The summed E-state index contributed by atoms with van der Waals surface area (Å²) in [5.74, 6) is 0. The lowest BCUT2D eigenvalue weighted by atomic mass is 10.2. The average Bonchev–Trinajstić information content (AvgIpc) is 3.32. The molecule has 24 heavy (non-hydrogen) atoms. The van der Waals surface area contributed by atoms with Gasteiger partial charge in [0.25, 0.3) is 5.69 Å². The number of benzene rings is 1. The smallest absolute Gasteiger partial charge is 0.317 e. The van der Waals surface area contributed by atoms with Gasteiger partial charge in [-0.3, -0.25) is 15.4 Å². The second kappa shape index (κ2) is 6.91. The summed E-state index contributed by atoms with van der Waals surface area (Å²) in [6.07, 6.45) is 2.72. The third kappa shape index (κ3) is 3.85. The van der Waals surface area contributed by atoms with Crippen LogP contribution in [0.4, 0.5) is 15.6 Å². The number of anilines is 1. The summed E-state index contributed by atoms with van der Waals surface area (Å²) in [6, 6.07) is 6.27. The average molecular weight is 347 g/mol. The number of amides is 2. The molecule has 1 aliphatic rings. The van der Waals surface area contributed by atoms with E-state index in [0.717, 1.165) is 29.8 Å². The van der Waals surface area contributed by atoms with Crippen molar-refractivity contribution in [2.75, 3.05) is 5.32 Å². The van der Waals surface area contributed by atoms with Gasteiger partial charge in [0.05, 0.1) is 4.92 Å². The van der Waals surface area contributed by atoms with Gasteiger partial charge in [0.2, 0.25) is 5.13 Å². The van der Waals surface area contributed by atoms with Crippen LogP contribution in [0.5, 0.6) is 0 Å². The van der Waals surface area contributed by atoms with Crippen molar-refractivity contribution in [1.29, 1.82) is 0 Å². The van der Waals surface area contributed by atoms with Crippen LogP contribution in [0.3, 0.4) is 0 Å². The quantitative estimate of drug-likeness (QED) is 0.638. The van der Waals surface area contributed by atoms with Crippen LogP contribution in [0.1, 0.15) is 30.3 Å². The maximum Gasteiger partial charge on any atom is 0.324 e. The monoisotopic (exact) mass is 347 g/mol. The van der Waals surface area contributed by atoms with Gasteiger partial charge in [-0.05, 0) is 24.8 Å². The van der Waals surface area contributed by atoms with Crippen LogP contribution in [-0.4, -0.2) is 32.1 Å². The summed E-state index contributed by atoms with van der Waals surface area (Å²) in [5.41, 5.74) is 0.899. The normalized spacial score (nSPS) is 13.5. The molecule has 0 saturated heterocycles. The molecule has 126 valence electrons. The van der Waals surface area contributed by atoms with E-state index < -0.39 is 4.92 Å². The standard InChI is InChI=1S/C15H17N5O3S/c1-2-13-17-18-14(24-13)16-15(21)19(11-7-8-11)9-10-3-5-12(6-4-10)20(22)23/h3-6,11H,2,7-9H2,1H3,(H,16,18,21). The van der Waals surface area contributed by atoms with Gasteiger partial charge in [-0.1, -0.05) is 30.4 Å². The number of nitrogens with zero attached hydrogens (tertiary/aromatic N) is 4. The molecule has 0 spiro atoms. The Morgan fingerprint density at radius 2 is 2.08 bits per heavy atom. The molecule has 9 heteroatoms. The molecule has 3 rings (SSSR count). The molecule has 8 nitrogen and oxygen atoms in total. The Morgan fingerprint density at radius 3 is 2.62 bits per heavy atom. The predicted molar refractivity (Wildman–Crippen MR) is 90.0 cm³/mol. The first-order chi connectivity index (χ1) is 11.6. The zero-order valence-corrected chi connectivity index (χ0v) is 14.0. The van der Waals surface area contributed by atoms with Crippen LogP contribution in [-0.2, 0) is 13.0 Å². The van der Waals surface area contributed by atoms with Crippen molar-refractivity contribution in [3.8, 4) is 0 Å². The summed E-state index contributed by atoms with van der Waals surface area (Å²) >= 11 is 1.37. The largest absolute Gasteiger partial charge is 0.324 e. The van der Waals surface area contributed by atoms with Gasteiger partial charge in [-0.15, -0.1) is 10.2 Å². The lowest BCUT2D eigenvalue weighted by Gasteiger charge is -2.22. The molecule has 0 unspecified atom stereocenters. The van der Waals surface area contributed by atoms with Crippen LogP contribution < -0.4 is 5.32 Å². The van der Waals surface area contributed by atoms with Crippen LogP contribution in [0.15, 0.2) is 24.3 Å². The van der Waals surface area contributed by atoms with E-state index in [2.05, 4.69) is 15.5 Å². The van der Waals surface area contributed by atoms with E-state index in [9.17, 15) is 14.9 Å². The molecular formula is C15H17N5O3S. The lowest BCUT2D eigenvalue weighted by Crippen LogP contribution is -2.36. The molecule has 2 amide bonds. The molecule has 1 heterocycles. The molecule has 1 fully saturated rings. The van der Waals surface area contributed by atoms with Gasteiger partial charge in [0.1, 0.15) is 5.01 Å². The van der Waals surface area contributed by atoms with Crippen LogP contribution in [0.25, 0.3) is 0 Å².